The summed E-state index contributed by atoms with van der Waals surface area (Å²) in [4.78, 5) is 13.4. The third-order valence-electron chi connectivity index (χ3n) is 7.74. The molecule has 1 unspecified atom stereocenters. The number of nitrogens with one attached hydrogen (secondary N) is 1. The summed E-state index contributed by atoms with van der Waals surface area (Å²) in [6.45, 7) is 2.83. The van der Waals surface area contributed by atoms with E-state index in [0.29, 0.717) is 18.4 Å². The Balaban J connectivity index is 1.72. The molecule has 0 saturated heterocycles. The first-order valence-electron chi connectivity index (χ1n) is 13.4. The SMILES string of the molecule is CCC[C@@H]1C=C(c2cccc(C(NC(=O)c3cccc(C(C)(F)F)c3Cl)C3(O)CCC(F)(F)CC3)c2)C=CC1. The monoisotopic (exact) mass is 563 g/mol. The molecule has 2 N–H and O–H groups in total. The molecule has 1 fully saturated rings. The van der Waals surface area contributed by atoms with Crippen LogP contribution in [-0.4, -0.2) is 22.5 Å². The molecule has 0 radical (unpaired) electrons. The van der Waals surface area contributed by atoms with Crippen molar-refractivity contribution in [3.05, 3.63) is 88.0 Å². The van der Waals surface area contributed by atoms with Gasteiger partial charge in [0.25, 0.3) is 11.8 Å². The molecule has 39 heavy (non-hydrogen) atoms. The standard InChI is InChI=1S/C31H34ClF4NO2/c1-3-7-20-8-4-9-21(18-20)22-10-5-11-23(19-22)27(30(39)14-16-31(35,36)17-15-30)37-28(38)24-12-6-13-25(26(24)32)29(2,33)34/h4-6,9-13,18-20,27,39H,3,7-8,14-17H2,1-2H3,(H,37,38)/t20-,27?/m0/s1. The summed E-state index contributed by atoms with van der Waals surface area (Å²) in [5, 5.41) is 14.0. The maximum absolute atomic E-state index is 14.1. The largest absolute Gasteiger partial charge is 0.387 e. The summed E-state index contributed by atoms with van der Waals surface area (Å²) in [6, 6.07) is 10.0. The minimum atomic E-state index is -3.27. The Morgan fingerprint density at radius 2 is 1.85 bits per heavy atom. The van der Waals surface area contributed by atoms with E-state index in [-0.39, 0.29) is 18.4 Å². The lowest BCUT2D eigenvalue weighted by Crippen LogP contribution is -2.50. The Hall–Kier alpha value is -2.64. The Labute approximate surface area is 232 Å². The van der Waals surface area contributed by atoms with Crippen molar-refractivity contribution in [2.24, 2.45) is 5.92 Å². The van der Waals surface area contributed by atoms with E-state index < -0.39 is 52.8 Å². The second kappa shape index (κ2) is 11.5. The fourth-order valence-corrected chi connectivity index (χ4v) is 5.91. The minimum Gasteiger partial charge on any atom is -0.387 e. The molecule has 1 amide bonds. The molecule has 1 saturated carbocycles. The number of benzene rings is 2. The van der Waals surface area contributed by atoms with Crippen LogP contribution in [0.25, 0.3) is 5.57 Å². The smallest absolute Gasteiger partial charge is 0.271 e. The molecule has 0 heterocycles. The fourth-order valence-electron chi connectivity index (χ4n) is 5.53. The highest BCUT2D eigenvalue weighted by molar-refractivity contribution is 6.34. The molecule has 2 aliphatic carbocycles. The average Bonchev–Trinajstić information content (AvgIpc) is 2.89. The van der Waals surface area contributed by atoms with Gasteiger partial charge in [-0.05, 0) is 60.4 Å². The predicted octanol–water partition coefficient (Wildman–Crippen LogP) is 8.62. The number of allylic oxidation sites excluding steroid dienone is 4. The van der Waals surface area contributed by atoms with Crippen LogP contribution in [-0.2, 0) is 5.92 Å². The van der Waals surface area contributed by atoms with Crippen LogP contribution in [0.3, 0.4) is 0 Å². The maximum Gasteiger partial charge on any atom is 0.271 e. The number of carbonyl (C=O) groups is 1. The number of rotatable bonds is 8. The average molecular weight is 564 g/mol. The lowest BCUT2D eigenvalue weighted by Gasteiger charge is -2.42. The number of amides is 1. The second-order valence-corrected chi connectivity index (χ2v) is 11.2. The zero-order valence-corrected chi connectivity index (χ0v) is 22.9. The summed E-state index contributed by atoms with van der Waals surface area (Å²) in [6.07, 6.45) is 7.90. The van der Waals surface area contributed by atoms with Crippen molar-refractivity contribution in [2.45, 2.75) is 82.3 Å². The molecule has 3 nitrogen and oxygen atoms in total. The van der Waals surface area contributed by atoms with E-state index in [1.807, 2.05) is 18.2 Å². The van der Waals surface area contributed by atoms with Crippen molar-refractivity contribution in [2.75, 3.05) is 0 Å². The van der Waals surface area contributed by atoms with Crippen molar-refractivity contribution in [3.8, 4) is 0 Å². The zero-order valence-electron chi connectivity index (χ0n) is 22.1. The molecule has 2 aliphatic rings. The lowest BCUT2D eigenvalue weighted by atomic mass is 9.75. The van der Waals surface area contributed by atoms with Gasteiger partial charge in [-0.2, -0.15) is 0 Å². The molecule has 2 atom stereocenters. The van der Waals surface area contributed by atoms with E-state index in [4.69, 9.17) is 11.6 Å². The third-order valence-corrected chi connectivity index (χ3v) is 8.15. The van der Waals surface area contributed by atoms with Gasteiger partial charge in [0.05, 0.1) is 22.2 Å². The van der Waals surface area contributed by atoms with E-state index in [2.05, 4.69) is 24.4 Å². The highest BCUT2D eigenvalue weighted by atomic mass is 35.5. The van der Waals surface area contributed by atoms with Gasteiger partial charge in [-0.1, -0.05) is 73.5 Å². The molecule has 2 aromatic rings. The molecule has 210 valence electrons. The Kier molecular flexibility index (Phi) is 8.62. The molecular weight excluding hydrogens is 530 g/mol. The number of hydrogen-bond donors (Lipinski definition) is 2. The minimum absolute atomic E-state index is 0.179. The Morgan fingerprint density at radius 3 is 2.51 bits per heavy atom. The van der Waals surface area contributed by atoms with E-state index in [9.17, 15) is 27.5 Å². The van der Waals surface area contributed by atoms with E-state index in [1.165, 1.54) is 12.1 Å². The number of aliphatic hydroxyl groups is 1. The van der Waals surface area contributed by atoms with Crippen LogP contribution in [0.2, 0.25) is 5.02 Å². The first-order valence-corrected chi connectivity index (χ1v) is 13.8. The van der Waals surface area contributed by atoms with Gasteiger partial charge in [0.15, 0.2) is 0 Å². The van der Waals surface area contributed by atoms with Crippen molar-refractivity contribution in [1.82, 2.24) is 5.32 Å². The van der Waals surface area contributed by atoms with Crippen LogP contribution in [0, 0.1) is 5.92 Å². The van der Waals surface area contributed by atoms with Gasteiger partial charge in [0.1, 0.15) is 0 Å². The number of alkyl halides is 4. The molecule has 0 bridgehead atoms. The van der Waals surface area contributed by atoms with Gasteiger partial charge in [0, 0.05) is 25.3 Å². The molecule has 0 aliphatic heterocycles. The summed E-state index contributed by atoms with van der Waals surface area (Å²) >= 11 is 6.22. The normalized spacial score (nSPS) is 21.2. The molecule has 4 rings (SSSR count). The maximum atomic E-state index is 14.1. The van der Waals surface area contributed by atoms with Gasteiger partial charge in [-0.15, -0.1) is 0 Å². The highest BCUT2D eigenvalue weighted by Crippen LogP contribution is 2.45. The fraction of sp³-hybridized carbons (Fsp3) is 0.452. The summed E-state index contributed by atoms with van der Waals surface area (Å²) in [5.74, 6) is -6.54. The van der Waals surface area contributed by atoms with E-state index >= 15 is 0 Å². The molecular formula is C31H34ClF4NO2. The van der Waals surface area contributed by atoms with Crippen molar-refractivity contribution < 1.29 is 27.5 Å². The first kappa shape index (κ1) is 29.3. The number of carbonyl (C=O) groups excluding carboxylic acids is 1. The van der Waals surface area contributed by atoms with Gasteiger partial charge in [0.2, 0.25) is 5.92 Å². The highest BCUT2D eigenvalue weighted by Gasteiger charge is 2.48. The van der Waals surface area contributed by atoms with Crippen LogP contribution in [0.15, 0.2) is 60.7 Å². The second-order valence-electron chi connectivity index (χ2n) is 10.9. The Bertz CT molecular complexity index is 1260. The summed E-state index contributed by atoms with van der Waals surface area (Å²) in [7, 11) is 0. The molecule has 2 aromatic carbocycles. The first-order chi connectivity index (χ1) is 18.3. The van der Waals surface area contributed by atoms with Gasteiger partial charge in [-0.3, -0.25) is 4.79 Å². The van der Waals surface area contributed by atoms with Crippen LogP contribution in [0.1, 0.15) is 91.9 Å². The van der Waals surface area contributed by atoms with E-state index in [1.54, 1.807) is 12.1 Å². The van der Waals surface area contributed by atoms with Crippen LogP contribution < -0.4 is 5.32 Å². The van der Waals surface area contributed by atoms with Crippen LogP contribution >= 0.6 is 11.6 Å². The van der Waals surface area contributed by atoms with E-state index in [0.717, 1.165) is 36.5 Å². The van der Waals surface area contributed by atoms with Gasteiger partial charge < -0.3 is 10.4 Å². The number of halogens is 5. The molecule has 0 aromatic heterocycles. The van der Waals surface area contributed by atoms with Crippen molar-refractivity contribution in [3.63, 3.8) is 0 Å². The van der Waals surface area contributed by atoms with Crippen molar-refractivity contribution >= 4 is 23.1 Å². The predicted molar refractivity (Wildman–Crippen MR) is 146 cm³/mol. The zero-order chi connectivity index (χ0) is 28.4. The summed E-state index contributed by atoms with van der Waals surface area (Å²) < 4.78 is 56.2. The summed E-state index contributed by atoms with van der Waals surface area (Å²) in [5.41, 5.74) is 0.0736. The number of hydrogen-bond acceptors (Lipinski definition) is 2. The van der Waals surface area contributed by atoms with Gasteiger partial charge in [-0.25, -0.2) is 17.6 Å². The van der Waals surface area contributed by atoms with Crippen molar-refractivity contribution in [1.29, 1.82) is 0 Å². The molecule has 8 heteroatoms. The quantitative estimate of drug-likeness (QED) is 0.316. The van der Waals surface area contributed by atoms with Gasteiger partial charge >= 0.3 is 0 Å². The molecule has 0 spiro atoms. The van der Waals surface area contributed by atoms with Crippen LogP contribution in [0.4, 0.5) is 17.6 Å². The Morgan fingerprint density at radius 1 is 1.15 bits per heavy atom. The third kappa shape index (κ3) is 6.75. The van der Waals surface area contributed by atoms with Crippen LogP contribution in [0.5, 0.6) is 0 Å². The lowest BCUT2D eigenvalue weighted by molar-refractivity contribution is -0.116. The topological polar surface area (TPSA) is 49.3 Å².